The normalized spacial score (nSPS) is 13.9. The van der Waals surface area contributed by atoms with Crippen LogP contribution in [-0.2, 0) is 4.79 Å². The third-order valence-electron chi connectivity index (χ3n) is 6.30. The van der Waals surface area contributed by atoms with Crippen LogP contribution in [0.3, 0.4) is 0 Å². The highest BCUT2D eigenvalue weighted by atomic mass is 16.2. The zero-order valence-electron chi connectivity index (χ0n) is 20.0. The molecule has 0 atom stereocenters. The van der Waals surface area contributed by atoms with Gasteiger partial charge in [-0.05, 0) is 56.3 Å². The van der Waals surface area contributed by atoms with Crippen molar-refractivity contribution in [3.05, 3.63) is 65.0 Å². The van der Waals surface area contributed by atoms with E-state index in [0.29, 0.717) is 17.7 Å². The molecule has 3 N–H and O–H groups in total. The number of likely N-dealkylation sites (N-methyl/N-ethyl adjacent to an activating group) is 1. The molecule has 4 rings (SSSR count). The van der Waals surface area contributed by atoms with Gasteiger partial charge in [-0.1, -0.05) is 19.9 Å². The molecule has 1 aromatic carbocycles. The average Bonchev–Trinajstić information content (AvgIpc) is 3.31. The highest BCUT2D eigenvalue weighted by Crippen LogP contribution is 2.36. The summed E-state index contributed by atoms with van der Waals surface area (Å²) in [6, 6.07) is 5.78. The second kappa shape index (κ2) is 10.0. The van der Waals surface area contributed by atoms with Gasteiger partial charge in [-0.25, -0.2) is 9.97 Å². The summed E-state index contributed by atoms with van der Waals surface area (Å²) in [5.74, 6) is -0.279. The monoisotopic (exact) mass is 458 g/mol. The quantitative estimate of drug-likeness (QED) is 0.447. The van der Waals surface area contributed by atoms with E-state index in [4.69, 9.17) is 0 Å². The Hall–Kier alpha value is -3.78. The van der Waals surface area contributed by atoms with Crippen LogP contribution >= 0.6 is 0 Å². The van der Waals surface area contributed by atoms with Crippen molar-refractivity contribution in [2.75, 3.05) is 31.5 Å². The minimum atomic E-state index is -0.173. The van der Waals surface area contributed by atoms with Crippen molar-refractivity contribution in [2.24, 2.45) is 0 Å². The molecule has 0 bridgehead atoms. The zero-order valence-corrected chi connectivity index (χ0v) is 20.0. The van der Waals surface area contributed by atoms with E-state index in [1.54, 1.807) is 12.4 Å². The van der Waals surface area contributed by atoms with Gasteiger partial charge in [0.2, 0.25) is 0 Å². The number of nitrogens with one attached hydrogen (secondary N) is 3. The molecule has 3 heterocycles. The molecule has 8 heteroatoms. The van der Waals surface area contributed by atoms with Crippen molar-refractivity contribution in [2.45, 2.75) is 27.7 Å². The largest absolute Gasteiger partial charge is 0.358 e. The maximum atomic E-state index is 12.9. The van der Waals surface area contributed by atoms with Gasteiger partial charge in [-0.2, -0.15) is 0 Å². The fourth-order valence-corrected chi connectivity index (χ4v) is 4.32. The number of aromatic nitrogens is 3. The number of carbonyl (C=O) groups excluding carboxylic acids is 2. The van der Waals surface area contributed by atoms with E-state index >= 15 is 0 Å². The van der Waals surface area contributed by atoms with Crippen LogP contribution in [0.15, 0.2) is 36.9 Å². The SMILES string of the molecule is CCN(CC)CCNC(=O)c1c(C)[nH]c(/C=C2\C(=O)Nc3ccc(-c4cncnc4)cc32)c1C. The van der Waals surface area contributed by atoms with Crippen LogP contribution in [0, 0.1) is 13.8 Å². The minimum Gasteiger partial charge on any atom is -0.358 e. The summed E-state index contributed by atoms with van der Waals surface area (Å²) in [6.45, 7) is 11.3. The average molecular weight is 459 g/mol. The first-order chi connectivity index (χ1) is 16.4. The van der Waals surface area contributed by atoms with Gasteiger partial charge in [0.15, 0.2) is 0 Å². The molecule has 0 fully saturated rings. The van der Waals surface area contributed by atoms with E-state index in [9.17, 15) is 9.59 Å². The molecule has 0 saturated heterocycles. The lowest BCUT2D eigenvalue weighted by molar-refractivity contribution is -0.110. The Morgan fingerprint density at radius 3 is 2.56 bits per heavy atom. The number of amides is 2. The van der Waals surface area contributed by atoms with Crippen LogP contribution in [0.4, 0.5) is 5.69 Å². The molecule has 2 amide bonds. The number of anilines is 1. The summed E-state index contributed by atoms with van der Waals surface area (Å²) < 4.78 is 0. The fourth-order valence-electron chi connectivity index (χ4n) is 4.32. The molecule has 1 aliphatic heterocycles. The highest BCUT2D eigenvalue weighted by molar-refractivity contribution is 6.35. The standard InChI is InChI=1S/C26H30N6O2/c1-5-32(6-2)10-9-29-26(34)24-16(3)23(30-17(24)4)12-21-20-11-18(19-13-27-15-28-14-19)7-8-22(20)31-25(21)33/h7-8,11-15,30H,5-6,9-10H2,1-4H3,(H,29,34)(H,31,33)/b21-12-. The Morgan fingerprint density at radius 1 is 1.12 bits per heavy atom. The van der Waals surface area contributed by atoms with Crippen molar-refractivity contribution in [3.63, 3.8) is 0 Å². The third-order valence-corrected chi connectivity index (χ3v) is 6.30. The van der Waals surface area contributed by atoms with E-state index in [0.717, 1.165) is 59.0 Å². The predicted molar refractivity (Wildman–Crippen MR) is 134 cm³/mol. The number of aryl methyl sites for hydroxylation is 1. The van der Waals surface area contributed by atoms with Gasteiger partial charge in [-0.3, -0.25) is 9.59 Å². The van der Waals surface area contributed by atoms with E-state index in [1.165, 1.54) is 6.33 Å². The lowest BCUT2D eigenvalue weighted by atomic mass is 9.99. The summed E-state index contributed by atoms with van der Waals surface area (Å²) >= 11 is 0. The molecule has 2 aromatic heterocycles. The van der Waals surface area contributed by atoms with Gasteiger partial charge >= 0.3 is 0 Å². The summed E-state index contributed by atoms with van der Waals surface area (Å²) in [4.78, 5) is 39.4. The molecular weight excluding hydrogens is 428 g/mol. The minimum absolute atomic E-state index is 0.106. The second-order valence-corrected chi connectivity index (χ2v) is 8.35. The van der Waals surface area contributed by atoms with Crippen molar-refractivity contribution in [1.29, 1.82) is 0 Å². The predicted octanol–water partition coefficient (Wildman–Crippen LogP) is 3.65. The molecule has 0 unspecified atom stereocenters. The van der Waals surface area contributed by atoms with Crippen LogP contribution in [0.5, 0.6) is 0 Å². The number of aromatic amines is 1. The molecular formula is C26H30N6O2. The van der Waals surface area contributed by atoms with Crippen LogP contribution in [0.2, 0.25) is 0 Å². The molecule has 0 spiro atoms. The number of hydrogen-bond acceptors (Lipinski definition) is 5. The number of carbonyl (C=O) groups is 2. The zero-order chi connectivity index (χ0) is 24.2. The van der Waals surface area contributed by atoms with Gasteiger partial charge in [0.25, 0.3) is 11.8 Å². The summed E-state index contributed by atoms with van der Waals surface area (Å²) in [5, 5.41) is 5.95. The van der Waals surface area contributed by atoms with Gasteiger partial charge in [0.05, 0.1) is 11.1 Å². The van der Waals surface area contributed by atoms with Gasteiger partial charge < -0.3 is 20.5 Å². The van der Waals surface area contributed by atoms with E-state index < -0.39 is 0 Å². The summed E-state index contributed by atoms with van der Waals surface area (Å²) in [6.07, 6.45) is 6.79. The first-order valence-corrected chi connectivity index (χ1v) is 11.6. The number of benzene rings is 1. The molecule has 0 aliphatic carbocycles. The number of hydrogen-bond donors (Lipinski definition) is 3. The van der Waals surface area contributed by atoms with Crippen molar-refractivity contribution >= 4 is 29.2 Å². The Morgan fingerprint density at radius 2 is 1.85 bits per heavy atom. The number of H-pyrrole nitrogens is 1. The fraction of sp³-hybridized carbons (Fsp3) is 0.308. The Bertz CT molecular complexity index is 1240. The first-order valence-electron chi connectivity index (χ1n) is 11.6. The second-order valence-electron chi connectivity index (χ2n) is 8.35. The van der Waals surface area contributed by atoms with E-state index in [2.05, 4.69) is 44.3 Å². The van der Waals surface area contributed by atoms with Crippen molar-refractivity contribution in [3.8, 4) is 11.1 Å². The molecule has 3 aromatic rings. The molecule has 1 aliphatic rings. The number of rotatable bonds is 8. The Balaban J connectivity index is 1.61. The summed E-state index contributed by atoms with van der Waals surface area (Å²) in [7, 11) is 0. The highest BCUT2D eigenvalue weighted by Gasteiger charge is 2.26. The van der Waals surface area contributed by atoms with Crippen LogP contribution in [0.25, 0.3) is 22.8 Å². The molecule has 0 saturated carbocycles. The van der Waals surface area contributed by atoms with Crippen molar-refractivity contribution in [1.82, 2.24) is 25.2 Å². The lowest BCUT2D eigenvalue weighted by Crippen LogP contribution is -2.35. The molecule has 8 nitrogen and oxygen atoms in total. The third kappa shape index (κ3) is 4.63. The molecule has 34 heavy (non-hydrogen) atoms. The van der Waals surface area contributed by atoms with Gasteiger partial charge in [0, 0.05) is 53.7 Å². The van der Waals surface area contributed by atoms with E-state index in [1.807, 2.05) is 38.1 Å². The Kier molecular flexibility index (Phi) is 6.88. The van der Waals surface area contributed by atoms with Crippen LogP contribution < -0.4 is 10.6 Å². The molecule has 0 radical (unpaired) electrons. The first kappa shape index (κ1) is 23.4. The number of fused-ring (bicyclic) bond motifs is 1. The number of nitrogens with zero attached hydrogens (tertiary/aromatic N) is 3. The molecule has 176 valence electrons. The lowest BCUT2D eigenvalue weighted by Gasteiger charge is -2.18. The van der Waals surface area contributed by atoms with Gasteiger partial charge in [0.1, 0.15) is 6.33 Å². The maximum Gasteiger partial charge on any atom is 0.256 e. The van der Waals surface area contributed by atoms with Crippen molar-refractivity contribution < 1.29 is 9.59 Å². The van der Waals surface area contributed by atoms with E-state index in [-0.39, 0.29) is 11.8 Å². The summed E-state index contributed by atoms with van der Waals surface area (Å²) in [5.41, 5.74) is 6.88. The maximum absolute atomic E-state index is 12.9. The van der Waals surface area contributed by atoms with Crippen LogP contribution in [0.1, 0.15) is 46.7 Å². The van der Waals surface area contributed by atoms with Crippen LogP contribution in [-0.4, -0.2) is 57.8 Å². The topological polar surface area (TPSA) is 103 Å². The Labute approximate surface area is 199 Å². The smallest absolute Gasteiger partial charge is 0.256 e. The van der Waals surface area contributed by atoms with Gasteiger partial charge in [-0.15, -0.1) is 0 Å².